The first kappa shape index (κ1) is 23.5. The van der Waals surface area contributed by atoms with Crippen LogP contribution in [0.2, 0.25) is 0 Å². The number of esters is 1. The predicted molar refractivity (Wildman–Crippen MR) is 110 cm³/mol. The Morgan fingerprint density at radius 3 is 2.63 bits per heavy atom. The summed E-state index contributed by atoms with van der Waals surface area (Å²) in [4.78, 5) is 36.2. The monoisotopic (exact) mass is 437 g/mol. The van der Waals surface area contributed by atoms with Gasteiger partial charge >= 0.3 is 12.0 Å². The Balaban J connectivity index is 2.13. The second kappa shape index (κ2) is 10.3. The van der Waals surface area contributed by atoms with Crippen molar-refractivity contribution in [3.63, 3.8) is 0 Å². The van der Waals surface area contributed by atoms with Crippen LogP contribution in [-0.4, -0.2) is 50.1 Å². The largest absolute Gasteiger partial charge is 0.467 e. The van der Waals surface area contributed by atoms with Gasteiger partial charge in [0.15, 0.2) is 5.16 Å². The number of nitrogens with one attached hydrogen (secondary N) is 2. The number of hydrogen-bond donors (Lipinski definition) is 2. The molecule has 30 heavy (non-hydrogen) atoms. The number of hydrogen-bond acceptors (Lipinski definition) is 8. The molecule has 0 aliphatic rings. The normalized spacial score (nSPS) is 12.3. The smallest absolute Gasteiger partial charge is 0.321 e. The first-order chi connectivity index (χ1) is 14.1. The quantitative estimate of drug-likeness (QED) is 0.475. The van der Waals surface area contributed by atoms with Gasteiger partial charge < -0.3 is 14.5 Å². The molecule has 2 aromatic rings. The predicted octanol–water partition coefficient (Wildman–Crippen LogP) is 2.13. The molecule has 0 saturated carbocycles. The summed E-state index contributed by atoms with van der Waals surface area (Å²) in [6.45, 7) is 9.38. The van der Waals surface area contributed by atoms with Crippen LogP contribution in [0.1, 0.15) is 46.2 Å². The number of rotatable bonds is 8. The molecule has 164 valence electrons. The van der Waals surface area contributed by atoms with E-state index in [0.717, 1.165) is 11.8 Å². The molecule has 11 heteroatoms. The molecule has 2 heterocycles. The van der Waals surface area contributed by atoms with E-state index in [1.807, 2.05) is 20.8 Å². The number of aromatic nitrogens is 3. The van der Waals surface area contributed by atoms with E-state index < -0.39 is 28.7 Å². The van der Waals surface area contributed by atoms with Crippen LogP contribution < -0.4 is 10.6 Å². The van der Waals surface area contributed by atoms with E-state index >= 15 is 0 Å². The topological polar surface area (TPSA) is 128 Å². The maximum atomic E-state index is 12.4. The molecule has 0 aromatic carbocycles. The number of carbonyl (C=O) groups is 3. The molecule has 10 nitrogen and oxygen atoms in total. The molecule has 2 N–H and O–H groups in total. The lowest BCUT2D eigenvalue weighted by Gasteiger charge is -2.21. The fraction of sp³-hybridized carbons (Fsp3) is 0.526. The molecular formula is C19H27N5O5S. The van der Waals surface area contributed by atoms with Crippen molar-refractivity contribution < 1.29 is 23.5 Å². The summed E-state index contributed by atoms with van der Waals surface area (Å²) >= 11 is 1.12. The van der Waals surface area contributed by atoms with Gasteiger partial charge in [-0.2, -0.15) is 0 Å². The van der Waals surface area contributed by atoms with Crippen molar-refractivity contribution in [1.82, 2.24) is 25.4 Å². The Kier molecular flexibility index (Phi) is 8.04. The van der Waals surface area contributed by atoms with Crippen molar-refractivity contribution in [2.75, 3.05) is 6.61 Å². The third kappa shape index (κ3) is 7.21. The third-order valence-corrected chi connectivity index (χ3v) is 4.75. The minimum Gasteiger partial charge on any atom is -0.467 e. The standard InChI is InChI=1S/C19H27N5O5S/c1-6-28-15(25)10-14-22-23-18(24(14)11-13-8-7-9-29-13)30-12(2)16(26)20-17(27)21-19(3,4)5/h7-9,12H,6,10-11H2,1-5H3,(H2,20,21,26,27). The van der Waals surface area contributed by atoms with Crippen molar-refractivity contribution >= 4 is 29.7 Å². The molecule has 1 atom stereocenters. The van der Waals surface area contributed by atoms with Crippen molar-refractivity contribution in [2.45, 2.75) is 63.5 Å². The average molecular weight is 438 g/mol. The molecule has 2 aromatic heterocycles. The zero-order chi connectivity index (χ0) is 22.3. The highest BCUT2D eigenvalue weighted by Gasteiger charge is 2.24. The Labute approximate surface area is 179 Å². The molecule has 0 spiro atoms. The maximum Gasteiger partial charge on any atom is 0.321 e. The van der Waals surface area contributed by atoms with Gasteiger partial charge in [0.2, 0.25) is 5.91 Å². The van der Waals surface area contributed by atoms with Crippen LogP contribution in [-0.2, 0) is 27.3 Å². The van der Waals surface area contributed by atoms with Gasteiger partial charge in [-0.25, -0.2) is 4.79 Å². The molecule has 1 unspecified atom stereocenters. The number of nitrogens with zero attached hydrogens (tertiary/aromatic N) is 3. The van der Waals surface area contributed by atoms with Crippen LogP contribution in [0.5, 0.6) is 0 Å². The lowest BCUT2D eigenvalue weighted by molar-refractivity contribution is -0.142. The Bertz CT molecular complexity index is 873. The molecule has 2 rings (SSSR count). The number of ether oxygens (including phenoxy) is 1. The van der Waals surface area contributed by atoms with Crippen LogP contribution in [0.4, 0.5) is 4.79 Å². The number of carbonyl (C=O) groups excluding carboxylic acids is 3. The molecule has 0 aliphatic heterocycles. The summed E-state index contributed by atoms with van der Waals surface area (Å²) in [5, 5.41) is 13.0. The fourth-order valence-corrected chi connectivity index (χ4v) is 3.26. The van der Waals surface area contributed by atoms with E-state index in [9.17, 15) is 14.4 Å². The van der Waals surface area contributed by atoms with Crippen molar-refractivity contribution in [3.05, 3.63) is 30.0 Å². The van der Waals surface area contributed by atoms with Gasteiger partial charge in [0.05, 0.1) is 24.7 Å². The van der Waals surface area contributed by atoms with Gasteiger partial charge in [-0.15, -0.1) is 10.2 Å². The van der Waals surface area contributed by atoms with Crippen LogP contribution in [0.25, 0.3) is 0 Å². The SMILES string of the molecule is CCOC(=O)Cc1nnc(SC(C)C(=O)NC(=O)NC(C)(C)C)n1Cc1ccco1. The van der Waals surface area contributed by atoms with Crippen LogP contribution in [0.15, 0.2) is 28.0 Å². The number of furan rings is 1. The Morgan fingerprint density at radius 2 is 2.03 bits per heavy atom. The van der Waals surface area contributed by atoms with Crippen molar-refractivity contribution in [1.29, 1.82) is 0 Å². The summed E-state index contributed by atoms with van der Waals surface area (Å²) in [6.07, 6.45) is 1.48. The minimum absolute atomic E-state index is 0.0589. The van der Waals surface area contributed by atoms with Gasteiger partial charge in [-0.1, -0.05) is 11.8 Å². The van der Waals surface area contributed by atoms with Gasteiger partial charge in [-0.05, 0) is 46.8 Å². The molecule has 0 fully saturated rings. The second-order valence-corrected chi connectivity index (χ2v) is 8.81. The van der Waals surface area contributed by atoms with Gasteiger partial charge in [0.25, 0.3) is 0 Å². The highest BCUT2D eigenvalue weighted by molar-refractivity contribution is 8.00. The highest BCUT2D eigenvalue weighted by atomic mass is 32.2. The van der Waals surface area contributed by atoms with Crippen LogP contribution in [0, 0.1) is 0 Å². The minimum atomic E-state index is -0.634. The lowest BCUT2D eigenvalue weighted by atomic mass is 10.1. The van der Waals surface area contributed by atoms with E-state index in [2.05, 4.69) is 20.8 Å². The number of amides is 3. The van der Waals surface area contributed by atoms with Crippen LogP contribution >= 0.6 is 11.8 Å². The molecule has 0 saturated heterocycles. The van der Waals surface area contributed by atoms with Crippen LogP contribution in [0.3, 0.4) is 0 Å². The fourth-order valence-electron chi connectivity index (χ4n) is 2.39. The van der Waals surface area contributed by atoms with E-state index in [1.165, 1.54) is 0 Å². The molecule has 0 radical (unpaired) electrons. The van der Waals surface area contributed by atoms with Crippen molar-refractivity contribution in [2.24, 2.45) is 0 Å². The molecule has 3 amide bonds. The van der Waals surface area contributed by atoms with Gasteiger partial charge in [0, 0.05) is 5.54 Å². The van der Waals surface area contributed by atoms with E-state index in [0.29, 0.717) is 16.7 Å². The summed E-state index contributed by atoms with van der Waals surface area (Å²) in [5.74, 6) is 0.141. The van der Waals surface area contributed by atoms with Gasteiger partial charge in [-0.3, -0.25) is 19.5 Å². The zero-order valence-electron chi connectivity index (χ0n) is 17.7. The zero-order valence-corrected chi connectivity index (χ0v) is 18.5. The first-order valence-electron chi connectivity index (χ1n) is 9.48. The van der Waals surface area contributed by atoms with E-state index in [1.54, 1.807) is 36.8 Å². The number of imide groups is 1. The van der Waals surface area contributed by atoms with Crippen molar-refractivity contribution in [3.8, 4) is 0 Å². The van der Waals surface area contributed by atoms with E-state index in [-0.39, 0.29) is 19.6 Å². The maximum absolute atomic E-state index is 12.4. The van der Waals surface area contributed by atoms with Gasteiger partial charge in [0.1, 0.15) is 18.0 Å². The molecule has 0 bridgehead atoms. The molecular weight excluding hydrogens is 410 g/mol. The summed E-state index contributed by atoms with van der Waals surface area (Å²) in [5.41, 5.74) is -0.466. The number of urea groups is 1. The Hall–Kier alpha value is -2.82. The Morgan fingerprint density at radius 1 is 1.30 bits per heavy atom. The first-order valence-corrected chi connectivity index (χ1v) is 10.4. The highest BCUT2D eigenvalue weighted by Crippen LogP contribution is 2.24. The second-order valence-electron chi connectivity index (χ2n) is 7.50. The third-order valence-electron chi connectivity index (χ3n) is 3.67. The number of thioether (sulfide) groups is 1. The summed E-state index contributed by atoms with van der Waals surface area (Å²) in [6, 6.07) is 2.97. The van der Waals surface area contributed by atoms with E-state index in [4.69, 9.17) is 9.15 Å². The summed E-state index contributed by atoms with van der Waals surface area (Å²) in [7, 11) is 0. The average Bonchev–Trinajstić information content (AvgIpc) is 3.25. The lowest BCUT2D eigenvalue weighted by Crippen LogP contribution is -2.49. The summed E-state index contributed by atoms with van der Waals surface area (Å²) < 4.78 is 12.1. The molecule has 0 aliphatic carbocycles.